The first kappa shape index (κ1) is 15.4. The minimum absolute atomic E-state index is 1.17. The molecule has 2 fully saturated rings. The van der Waals surface area contributed by atoms with Crippen molar-refractivity contribution >= 4 is 16.3 Å². The van der Waals surface area contributed by atoms with Crippen molar-refractivity contribution < 1.29 is 0 Å². The molecule has 2 aromatic carbocycles. The van der Waals surface area contributed by atoms with Gasteiger partial charge in [0.2, 0.25) is 0 Å². The number of rotatable bonds is 0. The average Bonchev–Trinajstić information content (AvgIpc) is 2.69. The highest BCUT2D eigenvalue weighted by molar-refractivity contribution is 6.03. The molecule has 0 N–H and O–H groups in total. The third kappa shape index (κ3) is 2.67. The van der Waals surface area contributed by atoms with Crippen LogP contribution in [0.3, 0.4) is 0 Å². The lowest BCUT2D eigenvalue weighted by atomic mass is 9.74. The Hall–Kier alpha value is -1.82. The summed E-state index contributed by atoms with van der Waals surface area (Å²) in [5.74, 6) is 0. The van der Waals surface area contributed by atoms with Crippen molar-refractivity contribution in [2.45, 2.75) is 70.6 Å². The van der Waals surface area contributed by atoms with Crippen LogP contribution in [0.15, 0.2) is 53.1 Å². The van der Waals surface area contributed by atoms with Gasteiger partial charge in [-0.15, -0.1) is 0 Å². The molecule has 0 atom stereocenters. The predicted octanol–water partition coefficient (Wildman–Crippen LogP) is 7.37. The molecular formula is C25H28. The summed E-state index contributed by atoms with van der Waals surface area (Å²) < 4.78 is 0. The van der Waals surface area contributed by atoms with Crippen LogP contribution in [-0.2, 0) is 6.42 Å². The Morgan fingerprint density at radius 2 is 1.24 bits per heavy atom. The largest absolute Gasteiger partial charge is 0.0661 e. The van der Waals surface area contributed by atoms with E-state index >= 15 is 0 Å². The van der Waals surface area contributed by atoms with E-state index in [9.17, 15) is 0 Å². The molecule has 0 aliphatic heterocycles. The molecular weight excluding hydrogens is 300 g/mol. The van der Waals surface area contributed by atoms with E-state index in [-0.39, 0.29) is 0 Å². The fraction of sp³-hybridized carbons (Fsp3) is 0.440. The molecule has 3 aliphatic rings. The molecule has 0 amide bonds. The molecule has 0 radical (unpaired) electrons. The third-order valence-electron chi connectivity index (χ3n) is 6.62. The van der Waals surface area contributed by atoms with Crippen LogP contribution in [-0.4, -0.2) is 0 Å². The van der Waals surface area contributed by atoms with Crippen molar-refractivity contribution in [3.63, 3.8) is 0 Å². The second kappa shape index (κ2) is 6.48. The molecule has 3 aliphatic carbocycles. The summed E-state index contributed by atoms with van der Waals surface area (Å²) in [6.45, 7) is 0. The first-order valence-corrected chi connectivity index (χ1v) is 10.4. The van der Waals surface area contributed by atoms with Gasteiger partial charge in [-0.2, -0.15) is 0 Å². The van der Waals surface area contributed by atoms with Crippen LogP contribution in [0.5, 0.6) is 0 Å². The average molecular weight is 328 g/mol. The van der Waals surface area contributed by atoms with Gasteiger partial charge in [-0.25, -0.2) is 0 Å². The summed E-state index contributed by atoms with van der Waals surface area (Å²) in [6.07, 6.45) is 14.9. The van der Waals surface area contributed by atoms with Crippen LogP contribution in [0.25, 0.3) is 16.3 Å². The van der Waals surface area contributed by atoms with E-state index < -0.39 is 0 Å². The molecule has 2 aromatic rings. The highest BCUT2D eigenvalue weighted by Gasteiger charge is 2.26. The van der Waals surface area contributed by atoms with E-state index in [2.05, 4.69) is 36.4 Å². The quantitative estimate of drug-likeness (QED) is 0.473. The van der Waals surface area contributed by atoms with Crippen LogP contribution >= 0.6 is 0 Å². The van der Waals surface area contributed by atoms with E-state index in [1.54, 1.807) is 38.8 Å². The number of allylic oxidation sites excluding steroid dienone is 4. The Labute approximate surface area is 151 Å². The molecule has 128 valence electrons. The number of hydrogen-bond acceptors (Lipinski definition) is 0. The molecule has 0 unspecified atom stereocenters. The van der Waals surface area contributed by atoms with Gasteiger partial charge < -0.3 is 0 Å². The summed E-state index contributed by atoms with van der Waals surface area (Å²) in [5.41, 5.74) is 10.1. The van der Waals surface area contributed by atoms with Crippen LogP contribution in [0.2, 0.25) is 0 Å². The minimum atomic E-state index is 1.17. The van der Waals surface area contributed by atoms with Crippen LogP contribution in [0.4, 0.5) is 0 Å². The molecule has 0 bridgehead atoms. The third-order valence-corrected chi connectivity index (χ3v) is 6.62. The van der Waals surface area contributed by atoms with Gasteiger partial charge in [-0.05, 0) is 90.8 Å². The molecule has 25 heavy (non-hydrogen) atoms. The summed E-state index contributed by atoms with van der Waals surface area (Å²) in [7, 11) is 0. The lowest BCUT2D eigenvalue weighted by Crippen LogP contribution is -2.12. The zero-order valence-corrected chi connectivity index (χ0v) is 15.2. The maximum atomic E-state index is 2.41. The molecule has 0 spiro atoms. The fourth-order valence-corrected chi connectivity index (χ4v) is 5.43. The summed E-state index contributed by atoms with van der Waals surface area (Å²) >= 11 is 0. The molecule has 0 aromatic heterocycles. The fourth-order valence-electron chi connectivity index (χ4n) is 5.43. The van der Waals surface area contributed by atoms with Crippen LogP contribution in [0.1, 0.15) is 75.3 Å². The maximum Gasteiger partial charge on any atom is -0.00137 e. The smallest absolute Gasteiger partial charge is 0.00137 e. The normalized spacial score (nSPS) is 21.1. The summed E-state index contributed by atoms with van der Waals surface area (Å²) in [4.78, 5) is 0. The van der Waals surface area contributed by atoms with Gasteiger partial charge >= 0.3 is 0 Å². The molecule has 0 heterocycles. The van der Waals surface area contributed by atoms with Crippen molar-refractivity contribution in [3.05, 3.63) is 64.2 Å². The van der Waals surface area contributed by atoms with Crippen molar-refractivity contribution in [2.24, 2.45) is 0 Å². The van der Waals surface area contributed by atoms with Crippen LogP contribution in [0, 0.1) is 0 Å². The number of hydrogen-bond donors (Lipinski definition) is 0. The van der Waals surface area contributed by atoms with Gasteiger partial charge in [0.05, 0.1) is 0 Å². The first-order valence-electron chi connectivity index (χ1n) is 10.4. The lowest BCUT2D eigenvalue weighted by Gasteiger charge is -2.31. The van der Waals surface area contributed by atoms with Gasteiger partial charge in [0.1, 0.15) is 0 Å². The van der Waals surface area contributed by atoms with E-state index in [4.69, 9.17) is 0 Å². The van der Waals surface area contributed by atoms with Crippen molar-refractivity contribution in [3.8, 4) is 0 Å². The van der Waals surface area contributed by atoms with Gasteiger partial charge in [-0.3, -0.25) is 0 Å². The molecule has 0 saturated heterocycles. The second-order valence-corrected chi connectivity index (χ2v) is 8.18. The first-order chi connectivity index (χ1) is 12.4. The molecule has 0 nitrogen and oxygen atoms in total. The highest BCUT2D eigenvalue weighted by Crippen LogP contribution is 2.46. The Morgan fingerprint density at radius 3 is 1.96 bits per heavy atom. The molecule has 0 heteroatoms. The van der Waals surface area contributed by atoms with Gasteiger partial charge in [0.15, 0.2) is 0 Å². The van der Waals surface area contributed by atoms with Crippen LogP contribution < -0.4 is 0 Å². The van der Waals surface area contributed by atoms with E-state index in [1.165, 1.54) is 76.0 Å². The van der Waals surface area contributed by atoms with E-state index in [0.717, 1.165) is 0 Å². The standard InChI is InChI=1S/C25H28/c1-3-9-18(10-4-1)23-17-21-15-7-13-19-14-8-16-22(24(19)21)25(23)20-11-5-2-6-12-20/h7-8,13-16H,1-6,9-12,17H2. The Morgan fingerprint density at radius 1 is 0.600 bits per heavy atom. The van der Waals surface area contributed by atoms with Gasteiger partial charge in [-0.1, -0.05) is 60.4 Å². The Balaban J connectivity index is 1.79. The Bertz CT molecular complexity index is 857. The summed E-state index contributed by atoms with van der Waals surface area (Å²) in [5, 5.41) is 2.97. The van der Waals surface area contributed by atoms with Gasteiger partial charge in [0, 0.05) is 0 Å². The van der Waals surface area contributed by atoms with Gasteiger partial charge in [0.25, 0.3) is 0 Å². The van der Waals surface area contributed by atoms with E-state index in [1.807, 2.05) is 0 Å². The minimum Gasteiger partial charge on any atom is -0.0661 e. The van der Waals surface area contributed by atoms with Crippen molar-refractivity contribution in [1.29, 1.82) is 0 Å². The number of benzene rings is 2. The van der Waals surface area contributed by atoms with Crippen molar-refractivity contribution in [1.82, 2.24) is 0 Å². The SMILES string of the molecule is c1cc2c3c(cccc3c1)C(=C1CCCCC1)C(=C1CCCCC1)C2. The maximum absolute atomic E-state index is 2.41. The topological polar surface area (TPSA) is 0 Å². The van der Waals surface area contributed by atoms with E-state index in [0.29, 0.717) is 0 Å². The zero-order valence-electron chi connectivity index (χ0n) is 15.2. The molecule has 2 saturated carbocycles. The molecule has 5 rings (SSSR count). The highest BCUT2D eigenvalue weighted by atomic mass is 14.3. The zero-order chi connectivity index (χ0) is 16.6. The second-order valence-electron chi connectivity index (χ2n) is 8.18. The van der Waals surface area contributed by atoms with Crippen molar-refractivity contribution in [2.75, 3.05) is 0 Å². The monoisotopic (exact) mass is 328 g/mol. The Kier molecular flexibility index (Phi) is 4.00. The summed E-state index contributed by atoms with van der Waals surface area (Å²) in [6, 6.07) is 13.9. The predicted molar refractivity (Wildman–Crippen MR) is 108 cm³/mol. The lowest BCUT2D eigenvalue weighted by molar-refractivity contribution is 0.590.